The molecule has 0 saturated carbocycles. The number of rotatable bonds is 4. The molecule has 0 aliphatic heterocycles. The van der Waals surface area contributed by atoms with Gasteiger partial charge in [-0.05, 0) is 6.42 Å². The second-order valence-corrected chi connectivity index (χ2v) is 5.15. The van der Waals surface area contributed by atoms with Crippen LogP contribution in [0.1, 0.15) is 23.9 Å². The van der Waals surface area contributed by atoms with Crippen LogP contribution in [0.3, 0.4) is 0 Å². The Morgan fingerprint density at radius 1 is 1.50 bits per heavy atom. The smallest absolute Gasteiger partial charge is 0.297 e. The highest BCUT2D eigenvalue weighted by Gasteiger charge is 2.12. The molecule has 0 aromatic carbocycles. The molecule has 7 heteroatoms. The predicted octanol–water partition coefficient (Wildman–Crippen LogP) is 1.65. The van der Waals surface area contributed by atoms with E-state index < -0.39 is 5.69 Å². The van der Waals surface area contributed by atoms with Gasteiger partial charge in [-0.15, -0.1) is 11.3 Å². The molecule has 0 radical (unpaired) electrons. The number of thiazole rings is 1. The molecule has 96 valence electrons. The van der Waals surface area contributed by atoms with Crippen LogP contribution >= 0.6 is 22.9 Å². The summed E-state index contributed by atoms with van der Waals surface area (Å²) in [6, 6.07) is 0. The summed E-state index contributed by atoms with van der Waals surface area (Å²) in [5.74, 6) is 0. The second-order valence-electron chi connectivity index (χ2n) is 3.79. The van der Waals surface area contributed by atoms with Crippen molar-refractivity contribution in [3.63, 3.8) is 0 Å². The fraction of sp³-hybridized carbons (Fsp3) is 0.364. The lowest BCUT2D eigenvalue weighted by atomic mass is 10.2. The van der Waals surface area contributed by atoms with Crippen molar-refractivity contribution in [2.75, 3.05) is 0 Å². The fourth-order valence-corrected chi connectivity index (χ4v) is 2.52. The molecule has 0 saturated heterocycles. The Kier molecular flexibility index (Phi) is 3.98. The van der Waals surface area contributed by atoms with Crippen LogP contribution in [0.15, 0.2) is 21.2 Å². The molecular weight excluding hydrogens is 274 g/mol. The van der Waals surface area contributed by atoms with Gasteiger partial charge in [0.25, 0.3) is 5.56 Å². The normalized spacial score (nSPS) is 10.8. The van der Waals surface area contributed by atoms with E-state index in [2.05, 4.69) is 9.97 Å². The van der Waals surface area contributed by atoms with Gasteiger partial charge in [0.05, 0.1) is 12.1 Å². The molecule has 2 rings (SSSR count). The van der Waals surface area contributed by atoms with E-state index in [-0.39, 0.29) is 17.3 Å². The molecule has 1 N–H and O–H groups in total. The zero-order valence-electron chi connectivity index (χ0n) is 9.77. The van der Waals surface area contributed by atoms with Gasteiger partial charge in [0.2, 0.25) is 0 Å². The molecule has 18 heavy (non-hydrogen) atoms. The summed E-state index contributed by atoms with van der Waals surface area (Å²) in [5, 5.41) is 2.66. The SMILES string of the molecule is CCCc1c(Cl)[nH]c(=O)n(Cc2nccs2)c1=O. The number of nitrogens with one attached hydrogen (secondary N) is 1. The minimum atomic E-state index is -0.500. The Bertz CT molecular complexity index is 645. The molecule has 0 spiro atoms. The van der Waals surface area contributed by atoms with Crippen LogP contribution in [0.5, 0.6) is 0 Å². The van der Waals surface area contributed by atoms with Gasteiger partial charge in [0.1, 0.15) is 10.2 Å². The molecule has 2 heterocycles. The van der Waals surface area contributed by atoms with Gasteiger partial charge in [0.15, 0.2) is 0 Å². The zero-order valence-corrected chi connectivity index (χ0v) is 11.3. The molecular formula is C11H12ClN3O2S. The van der Waals surface area contributed by atoms with E-state index in [0.29, 0.717) is 17.0 Å². The topological polar surface area (TPSA) is 67.8 Å². The maximum absolute atomic E-state index is 12.2. The van der Waals surface area contributed by atoms with Crippen molar-refractivity contribution in [3.8, 4) is 0 Å². The van der Waals surface area contributed by atoms with Crippen molar-refractivity contribution in [3.05, 3.63) is 48.1 Å². The third-order valence-electron chi connectivity index (χ3n) is 2.51. The lowest BCUT2D eigenvalue weighted by Crippen LogP contribution is -2.37. The van der Waals surface area contributed by atoms with Crippen LogP contribution in [0.4, 0.5) is 0 Å². The molecule has 2 aromatic heterocycles. The summed E-state index contributed by atoms with van der Waals surface area (Å²) in [5.41, 5.74) is -0.379. The minimum Gasteiger partial charge on any atom is -0.297 e. The highest BCUT2D eigenvalue weighted by Crippen LogP contribution is 2.09. The monoisotopic (exact) mass is 285 g/mol. The maximum Gasteiger partial charge on any atom is 0.329 e. The Balaban J connectivity index is 2.50. The van der Waals surface area contributed by atoms with Gasteiger partial charge in [-0.2, -0.15) is 0 Å². The highest BCUT2D eigenvalue weighted by molar-refractivity contribution is 7.09. The van der Waals surface area contributed by atoms with Crippen molar-refractivity contribution in [1.82, 2.24) is 14.5 Å². The standard InChI is InChI=1S/C11H12ClN3O2S/c1-2-3-7-9(12)14-11(17)15(10(7)16)6-8-13-4-5-18-8/h4-5H,2-3,6H2,1H3,(H,14,17). The Morgan fingerprint density at radius 2 is 2.28 bits per heavy atom. The lowest BCUT2D eigenvalue weighted by molar-refractivity contribution is 0.677. The first-order valence-electron chi connectivity index (χ1n) is 5.53. The van der Waals surface area contributed by atoms with Crippen LogP contribution in [0.2, 0.25) is 5.15 Å². The van der Waals surface area contributed by atoms with Gasteiger partial charge in [-0.25, -0.2) is 9.78 Å². The number of aromatic nitrogens is 3. The van der Waals surface area contributed by atoms with E-state index >= 15 is 0 Å². The summed E-state index contributed by atoms with van der Waals surface area (Å²) in [6.45, 7) is 2.13. The van der Waals surface area contributed by atoms with Gasteiger partial charge < -0.3 is 0 Å². The summed E-state index contributed by atoms with van der Waals surface area (Å²) < 4.78 is 1.13. The molecule has 0 unspecified atom stereocenters. The number of H-pyrrole nitrogens is 1. The molecule has 0 fully saturated rings. The lowest BCUT2D eigenvalue weighted by Gasteiger charge is -2.06. The average Bonchev–Trinajstić information content (AvgIpc) is 2.83. The van der Waals surface area contributed by atoms with Crippen molar-refractivity contribution >= 4 is 22.9 Å². The third-order valence-corrected chi connectivity index (χ3v) is 3.59. The van der Waals surface area contributed by atoms with E-state index in [4.69, 9.17) is 11.6 Å². The summed E-state index contributed by atoms with van der Waals surface area (Å²) >= 11 is 7.29. The quantitative estimate of drug-likeness (QED) is 0.869. The van der Waals surface area contributed by atoms with Crippen LogP contribution in [-0.4, -0.2) is 14.5 Å². The molecule has 0 amide bonds. The third kappa shape index (κ3) is 2.54. The highest BCUT2D eigenvalue weighted by atomic mass is 35.5. The van der Waals surface area contributed by atoms with Gasteiger partial charge >= 0.3 is 5.69 Å². The molecule has 2 aromatic rings. The van der Waals surface area contributed by atoms with E-state index in [0.717, 1.165) is 11.0 Å². The van der Waals surface area contributed by atoms with Crippen molar-refractivity contribution in [1.29, 1.82) is 0 Å². The average molecular weight is 286 g/mol. The second kappa shape index (κ2) is 5.49. The predicted molar refractivity (Wildman–Crippen MR) is 71.5 cm³/mol. The molecule has 0 aliphatic rings. The van der Waals surface area contributed by atoms with Crippen molar-refractivity contribution < 1.29 is 0 Å². The number of nitrogens with zero attached hydrogens (tertiary/aromatic N) is 2. The Labute approximate surface area is 112 Å². The first-order valence-corrected chi connectivity index (χ1v) is 6.79. The van der Waals surface area contributed by atoms with Crippen molar-refractivity contribution in [2.24, 2.45) is 0 Å². The summed E-state index contributed by atoms with van der Waals surface area (Å²) in [7, 11) is 0. The van der Waals surface area contributed by atoms with E-state index in [1.807, 2.05) is 6.92 Å². The van der Waals surface area contributed by atoms with E-state index in [1.165, 1.54) is 11.3 Å². The Hall–Kier alpha value is -1.40. The number of halogens is 1. The van der Waals surface area contributed by atoms with Crippen LogP contribution in [0, 0.1) is 0 Å². The maximum atomic E-state index is 12.2. The van der Waals surface area contributed by atoms with Crippen LogP contribution < -0.4 is 11.2 Å². The van der Waals surface area contributed by atoms with Gasteiger partial charge in [-0.1, -0.05) is 24.9 Å². The summed E-state index contributed by atoms with van der Waals surface area (Å²) in [4.78, 5) is 30.5. The molecule has 0 bridgehead atoms. The first kappa shape index (κ1) is 13.0. The van der Waals surface area contributed by atoms with Gasteiger partial charge in [0, 0.05) is 11.6 Å². The number of aromatic amines is 1. The molecule has 0 aliphatic carbocycles. The van der Waals surface area contributed by atoms with E-state index in [9.17, 15) is 9.59 Å². The largest absolute Gasteiger partial charge is 0.329 e. The number of hydrogen-bond acceptors (Lipinski definition) is 4. The van der Waals surface area contributed by atoms with Crippen LogP contribution in [-0.2, 0) is 13.0 Å². The Morgan fingerprint density at radius 3 is 2.89 bits per heavy atom. The van der Waals surface area contributed by atoms with E-state index in [1.54, 1.807) is 11.6 Å². The minimum absolute atomic E-state index is 0.141. The molecule has 5 nitrogen and oxygen atoms in total. The summed E-state index contributed by atoms with van der Waals surface area (Å²) in [6.07, 6.45) is 2.98. The van der Waals surface area contributed by atoms with Gasteiger partial charge in [-0.3, -0.25) is 14.3 Å². The first-order chi connectivity index (χ1) is 8.63. The number of hydrogen-bond donors (Lipinski definition) is 1. The van der Waals surface area contributed by atoms with Crippen LogP contribution in [0.25, 0.3) is 0 Å². The van der Waals surface area contributed by atoms with Crippen molar-refractivity contribution in [2.45, 2.75) is 26.3 Å². The zero-order chi connectivity index (χ0) is 13.1. The molecule has 0 atom stereocenters. The fourth-order valence-electron chi connectivity index (χ4n) is 1.66.